The lowest BCUT2D eigenvalue weighted by atomic mass is 10.1. The van der Waals surface area contributed by atoms with E-state index in [2.05, 4.69) is 10.6 Å². The third-order valence-electron chi connectivity index (χ3n) is 3.27. The molecule has 0 spiro atoms. The Labute approximate surface area is 151 Å². The molecule has 0 bridgehead atoms. The van der Waals surface area contributed by atoms with Crippen LogP contribution in [-0.4, -0.2) is 31.5 Å². The Hall–Kier alpha value is -3.19. The predicted octanol–water partition coefficient (Wildman–Crippen LogP) is 2.59. The molecule has 0 unspecified atom stereocenters. The molecule has 7 nitrogen and oxygen atoms in total. The Morgan fingerprint density at radius 3 is 2.35 bits per heavy atom. The van der Waals surface area contributed by atoms with Gasteiger partial charge >= 0.3 is 5.97 Å². The van der Waals surface area contributed by atoms with Gasteiger partial charge in [0, 0.05) is 25.4 Å². The number of carbonyl (C=O) groups excluding carboxylic acids is 3. The van der Waals surface area contributed by atoms with Crippen LogP contribution in [0.3, 0.4) is 0 Å². The lowest BCUT2D eigenvalue weighted by Crippen LogP contribution is -2.21. The minimum absolute atomic E-state index is 0.210. The molecule has 0 atom stereocenters. The number of anilines is 2. The number of methoxy groups -OCH3 is 1. The summed E-state index contributed by atoms with van der Waals surface area (Å²) in [5, 5.41) is 5.23. The molecule has 0 aliphatic rings. The van der Waals surface area contributed by atoms with Crippen LogP contribution in [0.4, 0.5) is 11.4 Å². The number of nitrogens with one attached hydrogen (secondary N) is 2. The molecule has 0 saturated heterocycles. The van der Waals surface area contributed by atoms with Gasteiger partial charge in [0.15, 0.2) is 6.61 Å². The van der Waals surface area contributed by atoms with Crippen molar-refractivity contribution in [2.24, 2.45) is 0 Å². The predicted molar refractivity (Wildman–Crippen MR) is 96.8 cm³/mol. The van der Waals surface area contributed by atoms with Crippen LogP contribution in [0.2, 0.25) is 0 Å². The fourth-order valence-corrected chi connectivity index (χ4v) is 2.24. The van der Waals surface area contributed by atoms with Crippen molar-refractivity contribution in [2.75, 3.05) is 24.4 Å². The smallest absolute Gasteiger partial charge is 0.338 e. The molecule has 26 heavy (non-hydrogen) atoms. The van der Waals surface area contributed by atoms with Crippen molar-refractivity contribution < 1.29 is 23.9 Å². The molecular weight excluding hydrogens is 336 g/mol. The van der Waals surface area contributed by atoms with Gasteiger partial charge in [-0.3, -0.25) is 9.59 Å². The largest absolute Gasteiger partial charge is 0.452 e. The first-order valence-electron chi connectivity index (χ1n) is 7.90. The van der Waals surface area contributed by atoms with Crippen LogP contribution in [0.25, 0.3) is 0 Å². The van der Waals surface area contributed by atoms with Gasteiger partial charge in [-0.15, -0.1) is 0 Å². The fraction of sp³-hybridized carbons (Fsp3) is 0.211. The molecule has 2 rings (SSSR count). The van der Waals surface area contributed by atoms with Crippen molar-refractivity contribution in [1.82, 2.24) is 0 Å². The van der Waals surface area contributed by atoms with E-state index in [0.29, 0.717) is 23.5 Å². The first-order chi connectivity index (χ1) is 12.5. The van der Waals surface area contributed by atoms with Gasteiger partial charge in [0.05, 0.1) is 12.2 Å². The Balaban J connectivity index is 1.89. The molecule has 0 heterocycles. The first kappa shape index (κ1) is 19.1. The highest BCUT2D eigenvalue weighted by molar-refractivity contribution is 5.96. The summed E-state index contributed by atoms with van der Waals surface area (Å²) >= 11 is 0. The van der Waals surface area contributed by atoms with Gasteiger partial charge < -0.3 is 20.1 Å². The highest BCUT2D eigenvalue weighted by Gasteiger charge is 2.11. The summed E-state index contributed by atoms with van der Waals surface area (Å²) in [6.07, 6.45) is 0. The van der Waals surface area contributed by atoms with Gasteiger partial charge in [0.25, 0.3) is 5.91 Å². The van der Waals surface area contributed by atoms with Crippen LogP contribution < -0.4 is 10.6 Å². The Morgan fingerprint density at radius 1 is 0.962 bits per heavy atom. The van der Waals surface area contributed by atoms with Crippen molar-refractivity contribution in [3.8, 4) is 0 Å². The summed E-state index contributed by atoms with van der Waals surface area (Å²) in [5.41, 5.74) is 2.22. The van der Waals surface area contributed by atoms with Crippen molar-refractivity contribution >= 4 is 29.2 Å². The van der Waals surface area contributed by atoms with Crippen LogP contribution in [0, 0.1) is 0 Å². The van der Waals surface area contributed by atoms with Crippen molar-refractivity contribution in [2.45, 2.75) is 13.5 Å². The van der Waals surface area contributed by atoms with Crippen molar-refractivity contribution in [3.05, 3.63) is 59.7 Å². The molecule has 0 radical (unpaired) electrons. The highest BCUT2D eigenvalue weighted by atomic mass is 16.5. The third-order valence-corrected chi connectivity index (χ3v) is 3.27. The van der Waals surface area contributed by atoms with Gasteiger partial charge in [-0.1, -0.05) is 18.2 Å². The normalized spacial score (nSPS) is 10.1. The quantitative estimate of drug-likeness (QED) is 0.744. The van der Waals surface area contributed by atoms with Crippen LogP contribution in [0.1, 0.15) is 22.8 Å². The zero-order valence-corrected chi connectivity index (χ0v) is 14.6. The molecule has 2 aromatic carbocycles. The standard InChI is InChI=1S/C19H20N2O5/c1-13(22)20-16-7-4-8-17(10-16)21-18(23)12-26-19(24)15-6-3-5-14(9-15)11-25-2/h3-10H,11-12H2,1-2H3,(H,20,22)(H,21,23). The van der Waals surface area contributed by atoms with Gasteiger partial charge in [0.2, 0.25) is 5.91 Å². The summed E-state index contributed by atoms with van der Waals surface area (Å²) in [4.78, 5) is 35.1. The van der Waals surface area contributed by atoms with E-state index < -0.39 is 18.5 Å². The molecule has 136 valence electrons. The maximum Gasteiger partial charge on any atom is 0.338 e. The van der Waals surface area contributed by atoms with Crippen LogP contribution in [0.15, 0.2) is 48.5 Å². The van der Waals surface area contributed by atoms with E-state index in [4.69, 9.17) is 9.47 Å². The van der Waals surface area contributed by atoms with E-state index in [1.807, 2.05) is 6.07 Å². The second-order valence-corrected chi connectivity index (χ2v) is 5.52. The monoisotopic (exact) mass is 356 g/mol. The molecule has 2 aromatic rings. The molecule has 7 heteroatoms. The van der Waals surface area contributed by atoms with Gasteiger partial charge in [-0.25, -0.2) is 4.79 Å². The number of hydrogen-bond acceptors (Lipinski definition) is 5. The van der Waals surface area contributed by atoms with Crippen LogP contribution in [-0.2, 0) is 25.7 Å². The number of hydrogen-bond donors (Lipinski definition) is 2. The second kappa shape index (κ2) is 9.33. The molecule has 0 aliphatic heterocycles. The number of ether oxygens (including phenoxy) is 2. The minimum atomic E-state index is -0.592. The third kappa shape index (κ3) is 6.03. The number of amides is 2. The molecule has 0 aliphatic carbocycles. The summed E-state index contributed by atoms with van der Waals surface area (Å²) < 4.78 is 10.0. The van der Waals surface area contributed by atoms with Crippen LogP contribution >= 0.6 is 0 Å². The van der Waals surface area contributed by atoms with E-state index in [1.165, 1.54) is 6.92 Å². The number of esters is 1. The zero-order valence-electron chi connectivity index (χ0n) is 14.6. The molecule has 2 amide bonds. The maximum atomic E-state index is 12.0. The lowest BCUT2D eigenvalue weighted by molar-refractivity contribution is -0.119. The van der Waals surface area contributed by atoms with Gasteiger partial charge in [-0.2, -0.15) is 0 Å². The summed E-state index contributed by atoms with van der Waals surface area (Å²) in [6.45, 7) is 1.36. The van der Waals surface area contributed by atoms with E-state index in [0.717, 1.165) is 5.56 Å². The SMILES string of the molecule is COCc1cccc(C(=O)OCC(=O)Nc2cccc(NC(C)=O)c2)c1. The van der Waals surface area contributed by atoms with Crippen molar-refractivity contribution in [1.29, 1.82) is 0 Å². The topological polar surface area (TPSA) is 93.7 Å². The Kier molecular flexibility index (Phi) is 6.87. The minimum Gasteiger partial charge on any atom is -0.452 e. The summed E-state index contributed by atoms with van der Waals surface area (Å²) in [5.74, 6) is -1.28. The highest BCUT2D eigenvalue weighted by Crippen LogP contribution is 2.15. The fourth-order valence-electron chi connectivity index (χ4n) is 2.24. The Morgan fingerprint density at radius 2 is 1.65 bits per heavy atom. The summed E-state index contributed by atoms with van der Waals surface area (Å²) in [7, 11) is 1.57. The van der Waals surface area contributed by atoms with Crippen LogP contribution in [0.5, 0.6) is 0 Å². The van der Waals surface area contributed by atoms with E-state index in [-0.39, 0.29) is 5.91 Å². The zero-order chi connectivity index (χ0) is 18.9. The Bertz CT molecular complexity index is 804. The lowest BCUT2D eigenvalue weighted by Gasteiger charge is -2.09. The van der Waals surface area contributed by atoms with E-state index in [9.17, 15) is 14.4 Å². The maximum absolute atomic E-state index is 12.0. The van der Waals surface area contributed by atoms with Crippen molar-refractivity contribution in [3.63, 3.8) is 0 Å². The molecule has 0 aromatic heterocycles. The number of carbonyl (C=O) groups is 3. The van der Waals surface area contributed by atoms with E-state index >= 15 is 0 Å². The average molecular weight is 356 g/mol. The summed E-state index contributed by atoms with van der Waals surface area (Å²) in [6, 6.07) is 13.5. The van der Waals surface area contributed by atoms with E-state index in [1.54, 1.807) is 49.6 Å². The number of benzene rings is 2. The average Bonchev–Trinajstić information content (AvgIpc) is 2.60. The molecule has 0 fully saturated rings. The van der Waals surface area contributed by atoms with Gasteiger partial charge in [-0.05, 0) is 35.9 Å². The molecule has 0 saturated carbocycles. The molecule has 2 N–H and O–H groups in total. The first-order valence-corrected chi connectivity index (χ1v) is 7.90. The second-order valence-electron chi connectivity index (χ2n) is 5.52. The molecular formula is C19H20N2O5. The van der Waals surface area contributed by atoms with Gasteiger partial charge in [0.1, 0.15) is 0 Å². The number of rotatable bonds is 7.